The van der Waals surface area contributed by atoms with Crippen LogP contribution in [0.4, 0.5) is 5.82 Å². The van der Waals surface area contributed by atoms with Crippen molar-refractivity contribution in [2.45, 2.75) is 20.3 Å². The van der Waals surface area contributed by atoms with Crippen molar-refractivity contribution in [2.75, 3.05) is 26.0 Å². The predicted molar refractivity (Wildman–Crippen MR) is 104 cm³/mol. The molecule has 6 nitrogen and oxygen atoms in total. The molecule has 0 fully saturated rings. The van der Waals surface area contributed by atoms with Gasteiger partial charge in [-0.1, -0.05) is 38.1 Å². The molecular formula is C20H25N5O. The van der Waals surface area contributed by atoms with E-state index < -0.39 is 0 Å². The zero-order chi connectivity index (χ0) is 18.7. The summed E-state index contributed by atoms with van der Waals surface area (Å²) in [5.74, 6) is 1.30. The number of amides is 1. The smallest absolute Gasteiger partial charge is 0.241 e. The van der Waals surface area contributed by atoms with Crippen LogP contribution in [0.3, 0.4) is 0 Å². The predicted octanol–water partition coefficient (Wildman–Crippen LogP) is 3.09. The highest BCUT2D eigenvalue weighted by molar-refractivity contribution is 5.80. The number of hydrogen-bond acceptors (Lipinski definition) is 4. The monoisotopic (exact) mass is 351 g/mol. The van der Waals surface area contributed by atoms with Crippen LogP contribution in [0.15, 0.2) is 42.6 Å². The molecule has 3 aromatic rings. The van der Waals surface area contributed by atoms with Gasteiger partial charge in [-0.3, -0.25) is 4.79 Å². The van der Waals surface area contributed by atoms with Crippen LogP contribution in [-0.2, 0) is 11.2 Å². The quantitative estimate of drug-likeness (QED) is 0.741. The van der Waals surface area contributed by atoms with E-state index in [2.05, 4.69) is 53.5 Å². The van der Waals surface area contributed by atoms with Gasteiger partial charge < -0.3 is 10.2 Å². The van der Waals surface area contributed by atoms with Crippen LogP contribution in [-0.4, -0.2) is 46.0 Å². The normalized spacial score (nSPS) is 11.1. The Labute approximate surface area is 153 Å². The third kappa shape index (κ3) is 4.20. The highest BCUT2D eigenvalue weighted by atomic mass is 16.2. The number of benzene rings is 1. The number of rotatable bonds is 6. The Balaban J connectivity index is 1.77. The first-order valence-corrected chi connectivity index (χ1v) is 8.82. The molecule has 0 atom stereocenters. The fraction of sp³-hybridized carbons (Fsp3) is 0.350. The topological polar surface area (TPSA) is 62.5 Å². The molecule has 136 valence electrons. The maximum Gasteiger partial charge on any atom is 0.241 e. The summed E-state index contributed by atoms with van der Waals surface area (Å²) in [5.41, 5.74) is 4.03. The van der Waals surface area contributed by atoms with Gasteiger partial charge in [-0.15, -0.1) is 0 Å². The SMILES string of the molecule is CC(C)Cc1ccc(-c2cc3nc(NCC(=O)N(C)C)ccn3n2)cc1. The lowest BCUT2D eigenvalue weighted by Gasteiger charge is -2.11. The summed E-state index contributed by atoms with van der Waals surface area (Å²) < 4.78 is 1.75. The lowest BCUT2D eigenvalue weighted by molar-refractivity contribution is -0.126. The fourth-order valence-electron chi connectivity index (χ4n) is 2.73. The molecule has 0 unspecified atom stereocenters. The first kappa shape index (κ1) is 17.9. The summed E-state index contributed by atoms with van der Waals surface area (Å²) in [6.07, 6.45) is 2.93. The van der Waals surface area contributed by atoms with Crippen LogP contribution in [0, 0.1) is 5.92 Å². The number of carbonyl (C=O) groups excluding carboxylic acids is 1. The van der Waals surface area contributed by atoms with Crippen molar-refractivity contribution in [1.29, 1.82) is 0 Å². The second-order valence-corrected chi connectivity index (χ2v) is 7.08. The molecule has 0 saturated heterocycles. The molecule has 2 heterocycles. The molecule has 6 heteroatoms. The summed E-state index contributed by atoms with van der Waals surface area (Å²) in [6.45, 7) is 4.66. The summed E-state index contributed by atoms with van der Waals surface area (Å²) in [6, 6.07) is 12.3. The Morgan fingerprint density at radius 3 is 2.58 bits per heavy atom. The van der Waals surface area contributed by atoms with Crippen LogP contribution in [0.25, 0.3) is 16.9 Å². The van der Waals surface area contributed by atoms with Gasteiger partial charge in [-0.25, -0.2) is 9.50 Å². The number of nitrogens with zero attached hydrogens (tertiary/aromatic N) is 4. The largest absolute Gasteiger partial charge is 0.361 e. The summed E-state index contributed by atoms with van der Waals surface area (Å²) in [5, 5.41) is 7.64. The molecule has 0 saturated carbocycles. The molecule has 0 bridgehead atoms. The first-order chi connectivity index (χ1) is 12.4. The van der Waals surface area contributed by atoms with Gasteiger partial charge in [0, 0.05) is 31.9 Å². The molecule has 0 radical (unpaired) electrons. The van der Waals surface area contributed by atoms with Crippen LogP contribution in [0.5, 0.6) is 0 Å². The van der Waals surface area contributed by atoms with Crippen LogP contribution in [0.1, 0.15) is 19.4 Å². The lowest BCUT2D eigenvalue weighted by atomic mass is 10.0. The summed E-state index contributed by atoms with van der Waals surface area (Å²) in [4.78, 5) is 17.8. The summed E-state index contributed by atoms with van der Waals surface area (Å²) >= 11 is 0. The van der Waals surface area contributed by atoms with Gasteiger partial charge in [0.2, 0.25) is 5.91 Å². The number of fused-ring (bicyclic) bond motifs is 1. The molecule has 1 amide bonds. The second kappa shape index (κ2) is 7.56. The molecule has 0 aliphatic carbocycles. The summed E-state index contributed by atoms with van der Waals surface area (Å²) in [7, 11) is 3.46. The Bertz CT molecular complexity index is 896. The van der Waals surface area contributed by atoms with E-state index in [-0.39, 0.29) is 12.5 Å². The van der Waals surface area contributed by atoms with E-state index in [9.17, 15) is 4.79 Å². The van der Waals surface area contributed by atoms with Gasteiger partial charge in [0.25, 0.3) is 0 Å². The standard InChI is InChI=1S/C20H25N5O/c1-14(2)11-15-5-7-16(8-6-15)17-12-19-22-18(9-10-25(19)23-17)21-13-20(26)24(3)4/h5-10,12,14H,11,13H2,1-4H3,(H,21,22). The minimum Gasteiger partial charge on any atom is -0.361 e. The highest BCUT2D eigenvalue weighted by Gasteiger charge is 2.08. The van der Waals surface area contributed by atoms with Gasteiger partial charge in [0.15, 0.2) is 5.65 Å². The molecule has 0 aliphatic heterocycles. The Hall–Kier alpha value is -2.89. The third-order valence-corrected chi connectivity index (χ3v) is 4.14. The Morgan fingerprint density at radius 2 is 1.92 bits per heavy atom. The number of aromatic nitrogens is 3. The average molecular weight is 351 g/mol. The van der Waals surface area contributed by atoms with Gasteiger partial charge in [0.05, 0.1) is 12.2 Å². The van der Waals surface area contributed by atoms with Crippen molar-refractivity contribution in [2.24, 2.45) is 5.92 Å². The maximum absolute atomic E-state index is 11.7. The number of nitrogens with one attached hydrogen (secondary N) is 1. The maximum atomic E-state index is 11.7. The molecule has 1 N–H and O–H groups in total. The van der Waals surface area contributed by atoms with Gasteiger partial charge >= 0.3 is 0 Å². The van der Waals surface area contributed by atoms with Crippen molar-refractivity contribution in [3.8, 4) is 11.3 Å². The second-order valence-electron chi connectivity index (χ2n) is 7.08. The molecule has 3 rings (SSSR count). The Kier molecular flexibility index (Phi) is 5.21. The van der Waals surface area contributed by atoms with Crippen molar-refractivity contribution in [3.05, 3.63) is 48.2 Å². The average Bonchev–Trinajstić information content (AvgIpc) is 3.02. The molecule has 2 aromatic heterocycles. The zero-order valence-electron chi connectivity index (χ0n) is 15.7. The zero-order valence-corrected chi connectivity index (χ0v) is 15.7. The molecular weight excluding hydrogens is 326 g/mol. The van der Waals surface area contributed by atoms with Crippen molar-refractivity contribution in [1.82, 2.24) is 19.5 Å². The van der Waals surface area contributed by atoms with Gasteiger partial charge in [0.1, 0.15) is 5.82 Å². The first-order valence-electron chi connectivity index (χ1n) is 8.82. The molecule has 26 heavy (non-hydrogen) atoms. The van der Waals surface area contributed by atoms with E-state index in [1.807, 2.05) is 18.3 Å². The van der Waals surface area contributed by atoms with Crippen molar-refractivity contribution < 1.29 is 4.79 Å². The lowest BCUT2D eigenvalue weighted by Crippen LogP contribution is -2.28. The van der Waals surface area contributed by atoms with Crippen molar-refractivity contribution in [3.63, 3.8) is 0 Å². The van der Waals surface area contributed by atoms with Crippen LogP contribution in [0.2, 0.25) is 0 Å². The molecule has 0 spiro atoms. The fourth-order valence-corrected chi connectivity index (χ4v) is 2.73. The third-order valence-electron chi connectivity index (χ3n) is 4.14. The van der Waals surface area contributed by atoms with Gasteiger partial charge in [-0.2, -0.15) is 5.10 Å². The van der Waals surface area contributed by atoms with Gasteiger partial charge in [-0.05, 0) is 24.0 Å². The van der Waals surface area contributed by atoms with E-state index in [0.717, 1.165) is 23.3 Å². The van der Waals surface area contributed by atoms with E-state index >= 15 is 0 Å². The van der Waals surface area contributed by atoms with Crippen LogP contribution < -0.4 is 5.32 Å². The minimum atomic E-state index is 0.00218. The van der Waals surface area contributed by atoms with Crippen molar-refractivity contribution >= 4 is 17.4 Å². The number of likely N-dealkylation sites (N-methyl/N-ethyl adjacent to an activating group) is 1. The number of carbonyl (C=O) groups is 1. The molecule has 0 aliphatic rings. The van der Waals surface area contributed by atoms with E-state index in [4.69, 9.17) is 0 Å². The van der Waals surface area contributed by atoms with E-state index in [0.29, 0.717) is 11.7 Å². The Morgan fingerprint density at radius 1 is 1.19 bits per heavy atom. The highest BCUT2D eigenvalue weighted by Crippen LogP contribution is 2.21. The van der Waals surface area contributed by atoms with E-state index in [1.165, 1.54) is 5.56 Å². The van der Waals surface area contributed by atoms with Crippen LogP contribution >= 0.6 is 0 Å². The minimum absolute atomic E-state index is 0.00218. The van der Waals surface area contributed by atoms with E-state index in [1.54, 1.807) is 23.5 Å². The number of hydrogen-bond donors (Lipinski definition) is 1. The molecule has 1 aromatic carbocycles. The number of anilines is 1.